The summed E-state index contributed by atoms with van der Waals surface area (Å²) in [6.45, 7) is 5.10. The maximum atomic E-state index is 5.09. The Bertz CT molecular complexity index is 537. The number of methoxy groups -OCH3 is 1. The van der Waals surface area contributed by atoms with Crippen molar-refractivity contribution in [3.8, 4) is 0 Å². The van der Waals surface area contributed by atoms with Crippen molar-refractivity contribution in [1.29, 1.82) is 0 Å². The van der Waals surface area contributed by atoms with Crippen molar-refractivity contribution in [3.63, 3.8) is 0 Å². The Morgan fingerprint density at radius 2 is 2.14 bits per heavy atom. The zero-order chi connectivity index (χ0) is 15.1. The topological polar surface area (TPSA) is 56.1 Å². The monoisotopic (exact) mass is 289 g/mol. The standard InChI is InChI=1S/C15H23N5O/c1-4-13-5-6-14(16-9-13)10-19(2)11-15-18-17-12-20(15)7-8-21-3/h5-6,9,12H,4,7-8,10-11H2,1-3H3. The highest BCUT2D eigenvalue weighted by atomic mass is 16.5. The molecule has 2 heterocycles. The minimum atomic E-state index is 0.661. The lowest BCUT2D eigenvalue weighted by Crippen LogP contribution is -2.21. The Balaban J connectivity index is 1.91. The van der Waals surface area contributed by atoms with Crippen molar-refractivity contribution in [2.24, 2.45) is 0 Å². The third-order valence-corrected chi connectivity index (χ3v) is 3.37. The van der Waals surface area contributed by atoms with Gasteiger partial charge < -0.3 is 9.30 Å². The van der Waals surface area contributed by atoms with Gasteiger partial charge in [0, 0.05) is 26.4 Å². The molecule has 6 heteroatoms. The number of nitrogens with zero attached hydrogens (tertiary/aromatic N) is 5. The molecule has 0 saturated heterocycles. The Kier molecular flexibility index (Phi) is 5.83. The number of aromatic nitrogens is 4. The van der Waals surface area contributed by atoms with Crippen molar-refractivity contribution in [2.75, 3.05) is 20.8 Å². The van der Waals surface area contributed by atoms with E-state index in [1.165, 1.54) is 5.56 Å². The van der Waals surface area contributed by atoms with Gasteiger partial charge in [0.25, 0.3) is 0 Å². The summed E-state index contributed by atoms with van der Waals surface area (Å²) in [7, 11) is 3.76. The Morgan fingerprint density at radius 1 is 1.29 bits per heavy atom. The fourth-order valence-electron chi connectivity index (χ4n) is 2.11. The van der Waals surface area contributed by atoms with Gasteiger partial charge in [0.05, 0.1) is 18.8 Å². The first-order valence-corrected chi connectivity index (χ1v) is 7.21. The average Bonchev–Trinajstić information content (AvgIpc) is 2.93. The summed E-state index contributed by atoms with van der Waals surface area (Å²) < 4.78 is 7.11. The molecule has 21 heavy (non-hydrogen) atoms. The highest BCUT2D eigenvalue weighted by molar-refractivity contribution is 5.13. The summed E-state index contributed by atoms with van der Waals surface area (Å²) in [5.74, 6) is 0.944. The second kappa shape index (κ2) is 7.85. The molecular weight excluding hydrogens is 266 g/mol. The fourth-order valence-corrected chi connectivity index (χ4v) is 2.11. The Labute approximate surface area is 125 Å². The fraction of sp³-hybridized carbons (Fsp3) is 0.533. The predicted octanol–water partition coefficient (Wildman–Crippen LogP) is 1.51. The van der Waals surface area contributed by atoms with Gasteiger partial charge in [0.1, 0.15) is 12.2 Å². The Hall–Kier alpha value is -1.79. The molecule has 2 rings (SSSR count). The number of pyridine rings is 1. The third kappa shape index (κ3) is 4.61. The lowest BCUT2D eigenvalue weighted by molar-refractivity contribution is 0.184. The second-order valence-electron chi connectivity index (χ2n) is 5.12. The molecule has 0 saturated carbocycles. The first kappa shape index (κ1) is 15.6. The molecule has 2 aromatic rings. The van der Waals surface area contributed by atoms with E-state index in [2.05, 4.69) is 46.2 Å². The highest BCUT2D eigenvalue weighted by Gasteiger charge is 2.08. The van der Waals surface area contributed by atoms with E-state index in [9.17, 15) is 0 Å². The van der Waals surface area contributed by atoms with Gasteiger partial charge in [-0.2, -0.15) is 0 Å². The largest absolute Gasteiger partial charge is 0.383 e. The van der Waals surface area contributed by atoms with Gasteiger partial charge >= 0.3 is 0 Å². The van der Waals surface area contributed by atoms with E-state index in [1.807, 2.05) is 10.8 Å². The van der Waals surface area contributed by atoms with E-state index >= 15 is 0 Å². The smallest absolute Gasteiger partial charge is 0.147 e. The lowest BCUT2D eigenvalue weighted by Gasteiger charge is -2.16. The molecule has 0 aliphatic heterocycles. The van der Waals surface area contributed by atoms with E-state index in [-0.39, 0.29) is 0 Å². The van der Waals surface area contributed by atoms with Crippen LogP contribution in [-0.2, 0) is 30.8 Å². The SMILES string of the molecule is CCc1ccc(CN(C)Cc2nncn2CCOC)nc1. The van der Waals surface area contributed by atoms with Crippen molar-refractivity contribution >= 4 is 0 Å². The summed E-state index contributed by atoms with van der Waals surface area (Å²) >= 11 is 0. The molecule has 6 nitrogen and oxygen atoms in total. The predicted molar refractivity (Wildman–Crippen MR) is 80.7 cm³/mol. The molecule has 0 aromatic carbocycles. The number of hydrogen-bond donors (Lipinski definition) is 0. The maximum absolute atomic E-state index is 5.09. The van der Waals surface area contributed by atoms with Crippen LogP contribution in [0.4, 0.5) is 0 Å². The molecular formula is C15H23N5O. The summed E-state index contributed by atoms with van der Waals surface area (Å²) in [6.07, 6.45) is 4.71. The van der Waals surface area contributed by atoms with Crippen LogP contribution in [-0.4, -0.2) is 45.4 Å². The number of aryl methyl sites for hydroxylation is 1. The molecule has 0 fully saturated rings. The quantitative estimate of drug-likeness (QED) is 0.737. The Morgan fingerprint density at radius 3 is 2.81 bits per heavy atom. The molecule has 0 atom stereocenters. The van der Waals surface area contributed by atoms with Crippen molar-refractivity contribution < 1.29 is 4.74 Å². The summed E-state index contributed by atoms with van der Waals surface area (Å²) in [4.78, 5) is 6.67. The van der Waals surface area contributed by atoms with Crippen molar-refractivity contribution in [3.05, 3.63) is 41.7 Å². The molecule has 0 aliphatic rings. The van der Waals surface area contributed by atoms with E-state index in [1.54, 1.807) is 13.4 Å². The minimum Gasteiger partial charge on any atom is -0.383 e. The summed E-state index contributed by atoms with van der Waals surface area (Å²) in [5, 5.41) is 8.15. The van der Waals surface area contributed by atoms with Crippen LogP contribution in [0.25, 0.3) is 0 Å². The first-order chi connectivity index (χ1) is 10.2. The third-order valence-electron chi connectivity index (χ3n) is 3.37. The molecule has 0 spiro atoms. The van der Waals surface area contributed by atoms with E-state index in [4.69, 9.17) is 4.74 Å². The maximum Gasteiger partial charge on any atom is 0.147 e. The molecule has 0 unspecified atom stereocenters. The number of ether oxygens (including phenoxy) is 1. The second-order valence-corrected chi connectivity index (χ2v) is 5.12. The van der Waals surface area contributed by atoms with Crippen LogP contribution in [0.2, 0.25) is 0 Å². The molecule has 0 bridgehead atoms. The van der Waals surface area contributed by atoms with Crippen LogP contribution in [0.15, 0.2) is 24.7 Å². The van der Waals surface area contributed by atoms with Gasteiger partial charge in [-0.25, -0.2) is 0 Å². The number of hydrogen-bond acceptors (Lipinski definition) is 5. The van der Waals surface area contributed by atoms with Gasteiger partial charge in [-0.05, 0) is 25.1 Å². The normalized spacial score (nSPS) is 11.2. The van der Waals surface area contributed by atoms with Crippen LogP contribution in [0.1, 0.15) is 24.0 Å². The number of rotatable bonds is 8. The minimum absolute atomic E-state index is 0.661. The molecule has 114 valence electrons. The molecule has 0 aliphatic carbocycles. The zero-order valence-corrected chi connectivity index (χ0v) is 13.0. The molecule has 0 N–H and O–H groups in total. The van der Waals surface area contributed by atoms with E-state index < -0.39 is 0 Å². The lowest BCUT2D eigenvalue weighted by atomic mass is 10.2. The van der Waals surface area contributed by atoms with Gasteiger partial charge in [-0.15, -0.1) is 10.2 Å². The summed E-state index contributed by atoms with van der Waals surface area (Å²) in [6, 6.07) is 4.22. The van der Waals surface area contributed by atoms with Crippen LogP contribution >= 0.6 is 0 Å². The highest BCUT2D eigenvalue weighted by Crippen LogP contribution is 2.06. The first-order valence-electron chi connectivity index (χ1n) is 7.21. The van der Waals surface area contributed by atoms with Gasteiger partial charge in [0.15, 0.2) is 0 Å². The van der Waals surface area contributed by atoms with E-state index in [0.717, 1.165) is 37.6 Å². The van der Waals surface area contributed by atoms with Crippen LogP contribution < -0.4 is 0 Å². The van der Waals surface area contributed by atoms with Crippen LogP contribution in [0.5, 0.6) is 0 Å². The van der Waals surface area contributed by atoms with Crippen molar-refractivity contribution in [1.82, 2.24) is 24.6 Å². The van der Waals surface area contributed by atoms with Crippen molar-refractivity contribution in [2.45, 2.75) is 33.0 Å². The average molecular weight is 289 g/mol. The zero-order valence-electron chi connectivity index (χ0n) is 13.0. The van der Waals surface area contributed by atoms with Gasteiger partial charge in [-0.3, -0.25) is 9.88 Å². The molecule has 0 amide bonds. The summed E-state index contributed by atoms with van der Waals surface area (Å²) in [5.41, 5.74) is 2.33. The molecule has 2 aromatic heterocycles. The van der Waals surface area contributed by atoms with E-state index in [0.29, 0.717) is 6.61 Å². The van der Waals surface area contributed by atoms with Crippen LogP contribution in [0.3, 0.4) is 0 Å². The van der Waals surface area contributed by atoms with Gasteiger partial charge in [0.2, 0.25) is 0 Å². The molecule has 0 radical (unpaired) electrons. The van der Waals surface area contributed by atoms with Crippen LogP contribution in [0, 0.1) is 0 Å². The van der Waals surface area contributed by atoms with Gasteiger partial charge in [-0.1, -0.05) is 13.0 Å².